The van der Waals surface area contributed by atoms with E-state index in [1.165, 1.54) is 18.2 Å². The van der Waals surface area contributed by atoms with Crippen LogP contribution in [0, 0.1) is 10.1 Å². The van der Waals surface area contributed by atoms with Gasteiger partial charge in [-0.25, -0.2) is 13.1 Å². The van der Waals surface area contributed by atoms with Gasteiger partial charge >= 0.3 is 0 Å². The summed E-state index contributed by atoms with van der Waals surface area (Å²) in [4.78, 5) is 12.8. The maximum absolute atomic E-state index is 12.0. The first-order chi connectivity index (χ1) is 9.49. The van der Waals surface area contributed by atoms with Gasteiger partial charge in [0.05, 0.1) is 9.82 Å². The van der Waals surface area contributed by atoms with Gasteiger partial charge in [-0.2, -0.15) is 0 Å². The zero-order chi connectivity index (χ0) is 14.6. The van der Waals surface area contributed by atoms with Gasteiger partial charge < -0.3 is 4.98 Å². The van der Waals surface area contributed by atoms with Gasteiger partial charge in [-0.3, -0.25) is 10.1 Å². The van der Waals surface area contributed by atoms with E-state index in [1.807, 2.05) is 6.07 Å². The molecular weight excluding hydrogens is 282 g/mol. The topological polar surface area (TPSA) is 105 Å². The van der Waals surface area contributed by atoms with Crippen LogP contribution in [-0.4, -0.2) is 24.9 Å². The number of hydrogen-bond donors (Lipinski definition) is 2. The molecular formula is C12H13N3O4S. The summed E-state index contributed by atoms with van der Waals surface area (Å²) >= 11 is 0. The number of H-pyrrole nitrogens is 1. The van der Waals surface area contributed by atoms with E-state index in [-0.39, 0.29) is 17.1 Å². The monoisotopic (exact) mass is 295 g/mol. The second-order valence-corrected chi connectivity index (χ2v) is 5.89. The van der Waals surface area contributed by atoms with Crippen molar-refractivity contribution < 1.29 is 13.3 Å². The standard InChI is InChI=1S/C12H13N3O4S/c16-15(17)11-2-1-3-12(8-11)20(18,19)14-7-5-10-4-6-13-9-10/h1-4,6,8-9,13-14H,5,7H2. The summed E-state index contributed by atoms with van der Waals surface area (Å²) in [6.45, 7) is 0.225. The maximum atomic E-state index is 12.0. The molecule has 0 saturated carbocycles. The Morgan fingerprint density at radius 2 is 2.10 bits per heavy atom. The molecule has 2 aromatic rings. The molecule has 0 fully saturated rings. The highest BCUT2D eigenvalue weighted by molar-refractivity contribution is 7.89. The lowest BCUT2D eigenvalue weighted by Crippen LogP contribution is -2.25. The number of sulfonamides is 1. The van der Waals surface area contributed by atoms with Gasteiger partial charge in [0.1, 0.15) is 0 Å². The molecule has 0 amide bonds. The number of benzene rings is 1. The molecule has 0 aliphatic rings. The molecule has 0 aliphatic heterocycles. The fraction of sp³-hybridized carbons (Fsp3) is 0.167. The number of nitro benzene ring substituents is 1. The third-order valence-corrected chi connectivity index (χ3v) is 4.17. The van der Waals surface area contributed by atoms with Crippen molar-refractivity contribution in [1.82, 2.24) is 9.71 Å². The van der Waals surface area contributed by atoms with Gasteiger partial charge in [-0.1, -0.05) is 6.07 Å². The molecule has 106 valence electrons. The normalized spacial score (nSPS) is 11.4. The lowest BCUT2D eigenvalue weighted by atomic mass is 10.2. The Morgan fingerprint density at radius 3 is 2.75 bits per heavy atom. The van der Waals surface area contributed by atoms with Crippen molar-refractivity contribution in [2.45, 2.75) is 11.3 Å². The molecule has 1 heterocycles. The molecule has 0 radical (unpaired) electrons. The minimum atomic E-state index is -3.73. The molecule has 1 aromatic carbocycles. The summed E-state index contributed by atoms with van der Waals surface area (Å²) < 4.78 is 26.4. The van der Waals surface area contributed by atoms with Crippen LogP contribution in [0.2, 0.25) is 0 Å². The number of hydrogen-bond acceptors (Lipinski definition) is 4. The zero-order valence-corrected chi connectivity index (χ0v) is 11.3. The molecule has 0 spiro atoms. The van der Waals surface area contributed by atoms with Crippen molar-refractivity contribution in [3.63, 3.8) is 0 Å². The van der Waals surface area contributed by atoms with Crippen LogP contribution in [0.4, 0.5) is 5.69 Å². The van der Waals surface area contributed by atoms with E-state index in [9.17, 15) is 18.5 Å². The van der Waals surface area contributed by atoms with E-state index in [0.29, 0.717) is 6.42 Å². The lowest BCUT2D eigenvalue weighted by Gasteiger charge is -2.06. The van der Waals surface area contributed by atoms with Crippen LogP contribution in [0.1, 0.15) is 5.56 Å². The van der Waals surface area contributed by atoms with Crippen LogP contribution in [0.25, 0.3) is 0 Å². The third-order valence-electron chi connectivity index (χ3n) is 2.71. The summed E-state index contributed by atoms with van der Waals surface area (Å²) in [5.41, 5.74) is 0.727. The number of aromatic amines is 1. The second-order valence-electron chi connectivity index (χ2n) is 4.12. The van der Waals surface area contributed by atoms with Crippen LogP contribution in [-0.2, 0) is 16.4 Å². The van der Waals surface area contributed by atoms with Crippen molar-refractivity contribution in [2.24, 2.45) is 0 Å². The van der Waals surface area contributed by atoms with Gasteiger partial charge in [-0.15, -0.1) is 0 Å². The highest BCUT2D eigenvalue weighted by Crippen LogP contribution is 2.17. The van der Waals surface area contributed by atoms with Gasteiger partial charge in [0.2, 0.25) is 10.0 Å². The average Bonchev–Trinajstić information content (AvgIpc) is 2.92. The molecule has 2 rings (SSSR count). The first-order valence-electron chi connectivity index (χ1n) is 5.85. The fourth-order valence-corrected chi connectivity index (χ4v) is 2.76. The SMILES string of the molecule is O=[N+]([O-])c1cccc(S(=O)(=O)NCCc2cc[nH]c2)c1. The van der Waals surface area contributed by atoms with Gasteiger partial charge in [0, 0.05) is 31.1 Å². The first kappa shape index (κ1) is 14.2. The van der Waals surface area contributed by atoms with E-state index < -0.39 is 14.9 Å². The summed E-state index contributed by atoms with van der Waals surface area (Å²) in [5.74, 6) is 0. The minimum Gasteiger partial charge on any atom is -0.367 e. The van der Waals surface area contributed by atoms with Crippen LogP contribution in [0.3, 0.4) is 0 Å². The van der Waals surface area contributed by atoms with Crippen molar-refractivity contribution in [3.05, 3.63) is 58.4 Å². The number of nitrogens with one attached hydrogen (secondary N) is 2. The van der Waals surface area contributed by atoms with Gasteiger partial charge in [-0.05, 0) is 24.1 Å². The molecule has 0 saturated heterocycles. The molecule has 8 heteroatoms. The van der Waals surface area contributed by atoms with E-state index >= 15 is 0 Å². The maximum Gasteiger partial charge on any atom is 0.270 e. The van der Waals surface area contributed by atoms with Crippen molar-refractivity contribution in [3.8, 4) is 0 Å². The molecule has 0 bridgehead atoms. The van der Waals surface area contributed by atoms with Crippen molar-refractivity contribution >= 4 is 15.7 Å². The summed E-state index contributed by atoms with van der Waals surface area (Å²) in [5, 5.41) is 10.6. The summed E-state index contributed by atoms with van der Waals surface area (Å²) in [7, 11) is -3.73. The molecule has 0 atom stereocenters. The predicted octanol–water partition coefficient (Wildman–Crippen LogP) is 1.44. The predicted molar refractivity (Wildman–Crippen MR) is 72.8 cm³/mol. The highest BCUT2D eigenvalue weighted by Gasteiger charge is 2.16. The van der Waals surface area contributed by atoms with Crippen LogP contribution in [0.15, 0.2) is 47.6 Å². The number of aromatic nitrogens is 1. The molecule has 1 aromatic heterocycles. The van der Waals surface area contributed by atoms with Crippen molar-refractivity contribution in [2.75, 3.05) is 6.54 Å². The van der Waals surface area contributed by atoms with E-state index in [4.69, 9.17) is 0 Å². The number of nitrogens with zero attached hydrogens (tertiary/aromatic N) is 1. The van der Waals surface area contributed by atoms with Crippen LogP contribution >= 0.6 is 0 Å². The molecule has 0 unspecified atom stereocenters. The lowest BCUT2D eigenvalue weighted by molar-refractivity contribution is -0.385. The minimum absolute atomic E-state index is 0.110. The Hall–Kier alpha value is -2.19. The second kappa shape index (κ2) is 5.85. The summed E-state index contributed by atoms with van der Waals surface area (Å²) in [6.07, 6.45) is 4.07. The third kappa shape index (κ3) is 3.43. The largest absolute Gasteiger partial charge is 0.367 e. The Balaban J connectivity index is 2.06. The molecule has 2 N–H and O–H groups in total. The zero-order valence-electron chi connectivity index (χ0n) is 10.4. The Bertz CT molecular complexity index is 695. The fourth-order valence-electron chi connectivity index (χ4n) is 1.69. The van der Waals surface area contributed by atoms with E-state index in [0.717, 1.165) is 11.6 Å². The molecule has 7 nitrogen and oxygen atoms in total. The Morgan fingerprint density at radius 1 is 1.30 bits per heavy atom. The first-order valence-corrected chi connectivity index (χ1v) is 7.33. The summed E-state index contributed by atoms with van der Waals surface area (Å²) in [6, 6.07) is 6.81. The Labute approximate surface area is 115 Å². The van der Waals surface area contributed by atoms with Crippen LogP contribution in [0.5, 0.6) is 0 Å². The molecule has 0 aliphatic carbocycles. The van der Waals surface area contributed by atoms with E-state index in [1.54, 1.807) is 12.4 Å². The highest BCUT2D eigenvalue weighted by atomic mass is 32.2. The smallest absolute Gasteiger partial charge is 0.270 e. The number of non-ortho nitro benzene ring substituents is 1. The number of nitro groups is 1. The number of rotatable bonds is 6. The van der Waals surface area contributed by atoms with Gasteiger partial charge in [0.15, 0.2) is 0 Å². The van der Waals surface area contributed by atoms with Gasteiger partial charge in [0.25, 0.3) is 5.69 Å². The average molecular weight is 295 g/mol. The van der Waals surface area contributed by atoms with Crippen molar-refractivity contribution in [1.29, 1.82) is 0 Å². The quantitative estimate of drug-likeness (QED) is 0.621. The van der Waals surface area contributed by atoms with Crippen LogP contribution < -0.4 is 4.72 Å². The van der Waals surface area contributed by atoms with E-state index in [2.05, 4.69) is 9.71 Å². The molecule has 20 heavy (non-hydrogen) atoms. The Kier molecular flexibility index (Phi) is 4.16.